The minimum Gasteiger partial charge on any atom is -0.371 e. The number of alkyl halides is 1. The van der Waals surface area contributed by atoms with Gasteiger partial charge >= 0.3 is 0 Å². The summed E-state index contributed by atoms with van der Waals surface area (Å²) in [5, 5.41) is 19.3. The molecule has 0 aromatic rings. The highest BCUT2D eigenvalue weighted by molar-refractivity contribution is 6.32. The number of hydrogen-bond acceptors (Lipinski definition) is 3. The first kappa shape index (κ1) is 13.8. The average Bonchev–Trinajstić information content (AvgIpc) is 2.23. The molecule has 0 heterocycles. The quantitative estimate of drug-likeness (QED) is 0.458. The van der Waals surface area contributed by atoms with Crippen molar-refractivity contribution < 1.29 is 9.90 Å². The molecule has 90 valence electrons. The number of allylic oxidation sites excluding steroid dienone is 2. The molecule has 0 saturated heterocycles. The Morgan fingerprint density at radius 3 is 2.88 bits per heavy atom. The Morgan fingerprint density at radius 2 is 2.41 bits per heavy atom. The molecule has 1 atom stereocenters. The second-order valence-electron chi connectivity index (χ2n) is 3.42. The highest BCUT2D eigenvalue weighted by Crippen LogP contribution is 2.31. The minimum atomic E-state index is -1.52. The fraction of sp³-hybridized carbons (Fsp3) is 0.273. The van der Waals surface area contributed by atoms with Crippen molar-refractivity contribution in [3.8, 4) is 6.07 Å². The van der Waals surface area contributed by atoms with Crippen molar-refractivity contribution in [1.29, 1.82) is 5.26 Å². The lowest BCUT2D eigenvalue weighted by Gasteiger charge is -2.22. The van der Waals surface area contributed by atoms with Crippen LogP contribution in [0.25, 0.3) is 0 Å². The minimum absolute atomic E-state index is 0.0000490. The number of nitriles is 1. The van der Waals surface area contributed by atoms with E-state index in [0.29, 0.717) is 5.70 Å². The molecule has 0 aromatic heterocycles. The smallest absolute Gasteiger partial charge is 0.265 e. The fourth-order valence-corrected chi connectivity index (χ4v) is 1.80. The number of aliphatic hydroxyl groups is 1. The molecule has 0 spiro atoms. The van der Waals surface area contributed by atoms with Crippen LogP contribution in [0.5, 0.6) is 0 Å². The summed E-state index contributed by atoms with van der Waals surface area (Å²) in [7, 11) is 0. The Hall–Kier alpha value is -1.28. The van der Waals surface area contributed by atoms with Gasteiger partial charge in [-0.2, -0.15) is 5.26 Å². The number of nitrogens with one attached hydrogen (secondary N) is 1. The molecule has 2 N–H and O–H groups in total. The van der Waals surface area contributed by atoms with Gasteiger partial charge in [0.1, 0.15) is 11.6 Å². The molecule has 0 saturated carbocycles. The topological polar surface area (TPSA) is 73.1 Å². The van der Waals surface area contributed by atoms with E-state index in [0.717, 1.165) is 0 Å². The zero-order valence-corrected chi connectivity index (χ0v) is 10.5. The third-order valence-corrected chi connectivity index (χ3v) is 2.70. The van der Waals surface area contributed by atoms with E-state index in [4.69, 9.17) is 28.5 Å². The van der Waals surface area contributed by atoms with Gasteiger partial charge in [0.2, 0.25) is 0 Å². The molecular weight excluding hydrogens is 263 g/mol. The molecule has 1 aliphatic rings. The summed E-state index contributed by atoms with van der Waals surface area (Å²) in [5.74, 6) is -0.548. The first-order valence-electron chi connectivity index (χ1n) is 4.76. The summed E-state index contributed by atoms with van der Waals surface area (Å²) in [5.41, 5.74) is 0.318. The summed E-state index contributed by atoms with van der Waals surface area (Å²) < 4.78 is 0. The first-order chi connectivity index (χ1) is 7.89. The van der Waals surface area contributed by atoms with E-state index in [1.807, 2.05) is 0 Å². The lowest BCUT2D eigenvalue weighted by atomic mass is 10.1. The Bertz CT molecular complexity index is 470. The van der Waals surface area contributed by atoms with E-state index < -0.39 is 11.0 Å². The fourth-order valence-electron chi connectivity index (χ4n) is 1.22. The van der Waals surface area contributed by atoms with Gasteiger partial charge in [-0.3, -0.25) is 4.79 Å². The number of carbonyl (C=O) groups is 1. The summed E-state index contributed by atoms with van der Waals surface area (Å²) >= 11 is 11.5. The van der Waals surface area contributed by atoms with Gasteiger partial charge in [0.05, 0.1) is 5.70 Å². The molecule has 1 unspecified atom stereocenters. The lowest BCUT2D eigenvalue weighted by molar-refractivity contribution is -0.116. The predicted octanol–water partition coefficient (Wildman–Crippen LogP) is 1.91. The molecule has 1 aliphatic carbocycles. The van der Waals surface area contributed by atoms with Crippen molar-refractivity contribution in [3.63, 3.8) is 0 Å². The van der Waals surface area contributed by atoms with Crippen LogP contribution in [-0.2, 0) is 4.79 Å². The molecule has 6 heteroatoms. The van der Waals surface area contributed by atoms with Crippen LogP contribution in [0.15, 0.2) is 34.5 Å². The maximum Gasteiger partial charge on any atom is 0.265 e. The third kappa shape index (κ3) is 3.60. The van der Waals surface area contributed by atoms with Gasteiger partial charge in [-0.15, -0.1) is 0 Å². The number of halogens is 2. The van der Waals surface area contributed by atoms with E-state index in [2.05, 4.69) is 5.32 Å². The standard InChI is InChI=1S/C11H10Cl2N2O2/c1-2-7(6-14)10(16)15-9-3-4-11(13,17)5-8(9)12/h2-4,17H,5H2,1H3,(H,15,16). The second kappa shape index (κ2) is 5.37. The van der Waals surface area contributed by atoms with Crippen LogP contribution in [0.4, 0.5) is 0 Å². The lowest BCUT2D eigenvalue weighted by Crippen LogP contribution is -2.28. The molecular formula is C11H10Cl2N2O2. The van der Waals surface area contributed by atoms with Crippen LogP contribution in [0.3, 0.4) is 0 Å². The summed E-state index contributed by atoms with van der Waals surface area (Å²) in [4.78, 5) is 11.6. The normalized spacial score (nSPS) is 24.5. The third-order valence-electron chi connectivity index (χ3n) is 2.10. The van der Waals surface area contributed by atoms with Crippen LogP contribution in [-0.4, -0.2) is 16.1 Å². The maximum absolute atomic E-state index is 11.6. The molecule has 17 heavy (non-hydrogen) atoms. The summed E-state index contributed by atoms with van der Waals surface area (Å²) in [6.07, 6.45) is 4.12. The SMILES string of the molecule is CC=C(C#N)C(=O)NC1=C(Cl)CC(O)(Cl)C=C1. The van der Waals surface area contributed by atoms with Crippen molar-refractivity contribution in [2.45, 2.75) is 18.4 Å². The van der Waals surface area contributed by atoms with E-state index in [9.17, 15) is 9.90 Å². The van der Waals surface area contributed by atoms with E-state index in [-0.39, 0.29) is 17.0 Å². The van der Waals surface area contributed by atoms with Gasteiger partial charge < -0.3 is 10.4 Å². The highest BCUT2D eigenvalue weighted by Gasteiger charge is 2.26. The number of carbonyl (C=O) groups excluding carboxylic acids is 1. The van der Waals surface area contributed by atoms with Crippen molar-refractivity contribution in [3.05, 3.63) is 34.5 Å². The Balaban J connectivity index is 2.83. The van der Waals surface area contributed by atoms with Gasteiger partial charge in [-0.25, -0.2) is 0 Å². The maximum atomic E-state index is 11.6. The van der Waals surface area contributed by atoms with Gasteiger partial charge in [0.25, 0.3) is 5.91 Å². The Kier molecular flexibility index (Phi) is 4.35. The van der Waals surface area contributed by atoms with Crippen LogP contribution in [0.2, 0.25) is 0 Å². The van der Waals surface area contributed by atoms with Gasteiger partial charge in [-0.1, -0.05) is 29.3 Å². The molecule has 0 aromatic carbocycles. The number of hydrogen-bond donors (Lipinski definition) is 2. The Labute approximate surface area is 109 Å². The van der Waals surface area contributed by atoms with Gasteiger partial charge in [-0.05, 0) is 19.1 Å². The van der Waals surface area contributed by atoms with Crippen LogP contribution in [0, 0.1) is 11.3 Å². The van der Waals surface area contributed by atoms with Crippen LogP contribution in [0.1, 0.15) is 13.3 Å². The number of rotatable bonds is 2. The molecule has 4 nitrogen and oxygen atoms in total. The summed E-state index contributed by atoms with van der Waals surface area (Å²) in [6.45, 7) is 1.59. The van der Waals surface area contributed by atoms with E-state index >= 15 is 0 Å². The molecule has 1 rings (SSSR count). The van der Waals surface area contributed by atoms with Crippen molar-refractivity contribution in [2.75, 3.05) is 0 Å². The van der Waals surface area contributed by atoms with E-state index in [1.165, 1.54) is 18.2 Å². The van der Waals surface area contributed by atoms with Gasteiger partial charge in [0, 0.05) is 11.5 Å². The van der Waals surface area contributed by atoms with Crippen LogP contribution >= 0.6 is 23.2 Å². The van der Waals surface area contributed by atoms with Crippen molar-refractivity contribution in [1.82, 2.24) is 5.32 Å². The van der Waals surface area contributed by atoms with Crippen LogP contribution < -0.4 is 5.32 Å². The average molecular weight is 273 g/mol. The molecule has 1 amide bonds. The van der Waals surface area contributed by atoms with Crippen molar-refractivity contribution >= 4 is 29.1 Å². The Morgan fingerprint density at radius 1 is 1.76 bits per heavy atom. The zero-order chi connectivity index (χ0) is 13.1. The number of amides is 1. The molecule has 0 aliphatic heterocycles. The summed E-state index contributed by atoms with van der Waals surface area (Å²) in [6, 6.07) is 1.76. The first-order valence-corrected chi connectivity index (χ1v) is 5.52. The molecule has 0 fully saturated rings. The zero-order valence-electron chi connectivity index (χ0n) is 9.00. The second-order valence-corrected chi connectivity index (χ2v) is 4.53. The van der Waals surface area contributed by atoms with Gasteiger partial charge in [0.15, 0.2) is 5.06 Å². The monoisotopic (exact) mass is 272 g/mol. The van der Waals surface area contributed by atoms with Crippen molar-refractivity contribution in [2.24, 2.45) is 0 Å². The molecule has 0 bridgehead atoms. The number of nitrogens with zero attached hydrogens (tertiary/aromatic N) is 1. The molecule has 0 radical (unpaired) electrons. The highest BCUT2D eigenvalue weighted by atomic mass is 35.5. The predicted molar refractivity (Wildman–Crippen MR) is 65.0 cm³/mol. The largest absolute Gasteiger partial charge is 0.371 e. The van der Waals surface area contributed by atoms with E-state index in [1.54, 1.807) is 13.0 Å².